The first-order chi connectivity index (χ1) is 12.7. The van der Waals surface area contributed by atoms with E-state index in [9.17, 15) is 9.18 Å². The largest absolute Gasteiger partial charge is 0.496 e. The maximum Gasteiger partial charge on any atom is 0.277 e. The van der Waals surface area contributed by atoms with Gasteiger partial charge in [0.1, 0.15) is 17.3 Å². The predicted octanol–water partition coefficient (Wildman–Crippen LogP) is 3.52. The molecule has 3 aromatic rings. The Morgan fingerprint density at radius 1 is 1.12 bits per heavy atom. The number of hydrogen-bond acceptors (Lipinski definition) is 4. The zero-order valence-electron chi connectivity index (χ0n) is 14.1. The highest BCUT2D eigenvalue weighted by molar-refractivity contribution is 6.02. The minimum atomic E-state index is -0.426. The molecule has 0 atom stereocenters. The monoisotopic (exact) mass is 352 g/mol. The molecule has 3 aromatic carbocycles. The van der Waals surface area contributed by atoms with Gasteiger partial charge in [-0.1, -0.05) is 30.3 Å². The molecule has 1 N–H and O–H groups in total. The maximum atomic E-state index is 12.8. The number of carbonyl (C=O) groups excluding carboxylic acids is 1. The van der Waals surface area contributed by atoms with Crippen LogP contribution in [-0.4, -0.2) is 25.8 Å². The third-order valence-electron chi connectivity index (χ3n) is 3.72. The van der Waals surface area contributed by atoms with Crippen LogP contribution >= 0.6 is 0 Å². The standard InChI is InChI=1S/C20H17FN2O3/c1-25-19-11-6-14-4-2-3-5-17(14)18(19)12-22-23-20(24)13-26-16-9-7-15(21)8-10-16/h2-12H,13H2,1H3,(H,23,24)/b22-12+. The van der Waals surface area contributed by atoms with Crippen molar-refractivity contribution in [1.29, 1.82) is 0 Å². The molecule has 0 unspecified atom stereocenters. The lowest BCUT2D eigenvalue weighted by Crippen LogP contribution is -2.24. The first-order valence-electron chi connectivity index (χ1n) is 7.93. The summed E-state index contributed by atoms with van der Waals surface area (Å²) >= 11 is 0. The van der Waals surface area contributed by atoms with Crippen LogP contribution in [0.4, 0.5) is 4.39 Å². The van der Waals surface area contributed by atoms with Gasteiger partial charge in [0.2, 0.25) is 0 Å². The van der Waals surface area contributed by atoms with Gasteiger partial charge in [0.25, 0.3) is 5.91 Å². The summed E-state index contributed by atoms with van der Waals surface area (Å²) in [5.74, 6) is 0.269. The molecule has 0 aliphatic rings. The van der Waals surface area contributed by atoms with Crippen LogP contribution in [0.15, 0.2) is 65.8 Å². The van der Waals surface area contributed by atoms with Crippen LogP contribution in [0.1, 0.15) is 5.56 Å². The Balaban J connectivity index is 1.65. The van der Waals surface area contributed by atoms with E-state index in [-0.39, 0.29) is 12.4 Å². The Kier molecular flexibility index (Phi) is 5.43. The number of hydrogen-bond donors (Lipinski definition) is 1. The van der Waals surface area contributed by atoms with Crippen LogP contribution in [0.25, 0.3) is 10.8 Å². The fraction of sp³-hybridized carbons (Fsp3) is 0.100. The number of nitrogens with zero attached hydrogens (tertiary/aromatic N) is 1. The fourth-order valence-corrected chi connectivity index (χ4v) is 2.47. The number of ether oxygens (including phenoxy) is 2. The minimum absolute atomic E-state index is 0.227. The summed E-state index contributed by atoms with van der Waals surface area (Å²) in [5, 5.41) is 5.99. The number of methoxy groups -OCH3 is 1. The lowest BCUT2D eigenvalue weighted by atomic mass is 10.0. The van der Waals surface area contributed by atoms with Gasteiger partial charge in [0.05, 0.1) is 13.3 Å². The molecule has 0 saturated carbocycles. The maximum absolute atomic E-state index is 12.8. The van der Waals surface area contributed by atoms with E-state index in [4.69, 9.17) is 9.47 Å². The molecule has 0 fully saturated rings. The van der Waals surface area contributed by atoms with Gasteiger partial charge in [-0.25, -0.2) is 9.82 Å². The number of halogens is 1. The van der Waals surface area contributed by atoms with Gasteiger partial charge in [0.15, 0.2) is 6.61 Å². The minimum Gasteiger partial charge on any atom is -0.496 e. The first-order valence-corrected chi connectivity index (χ1v) is 7.93. The van der Waals surface area contributed by atoms with Crippen molar-refractivity contribution >= 4 is 22.9 Å². The van der Waals surface area contributed by atoms with E-state index in [1.165, 1.54) is 30.5 Å². The van der Waals surface area contributed by atoms with Gasteiger partial charge in [-0.2, -0.15) is 5.10 Å². The van der Waals surface area contributed by atoms with E-state index in [0.717, 1.165) is 16.3 Å². The van der Waals surface area contributed by atoms with E-state index in [1.54, 1.807) is 7.11 Å². The highest BCUT2D eigenvalue weighted by atomic mass is 19.1. The number of rotatable bonds is 6. The second-order valence-corrected chi connectivity index (χ2v) is 5.44. The van der Waals surface area contributed by atoms with Crippen LogP contribution < -0.4 is 14.9 Å². The van der Waals surface area contributed by atoms with Crippen molar-refractivity contribution in [2.24, 2.45) is 5.10 Å². The van der Waals surface area contributed by atoms with E-state index < -0.39 is 5.91 Å². The van der Waals surface area contributed by atoms with Crippen LogP contribution in [0.3, 0.4) is 0 Å². The smallest absolute Gasteiger partial charge is 0.277 e. The summed E-state index contributed by atoms with van der Waals surface area (Å²) in [5.41, 5.74) is 3.17. The molecular weight excluding hydrogens is 335 g/mol. The van der Waals surface area contributed by atoms with Crippen LogP contribution in [0.5, 0.6) is 11.5 Å². The zero-order valence-corrected chi connectivity index (χ0v) is 14.1. The second kappa shape index (κ2) is 8.11. The molecule has 0 saturated heterocycles. The molecule has 0 bridgehead atoms. The van der Waals surface area contributed by atoms with Crippen molar-refractivity contribution in [3.05, 3.63) is 72.0 Å². The van der Waals surface area contributed by atoms with Crippen molar-refractivity contribution in [3.63, 3.8) is 0 Å². The molecule has 0 heterocycles. The summed E-state index contributed by atoms with van der Waals surface area (Å²) in [6, 6.07) is 17.1. The number of fused-ring (bicyclic) bond motifs is 1. The number of carbonyl (C=O) groups is 1. The topological polar surface area (TPSA) is 59.9 Å². The van der Waals surface area contributed by atoms with Gasteiger partial charge in [-0.3, -0.25) is 4.79 Å². The molecule has 0 aliphatic carbocycles. The Morgan fingerprint density at radius 2 is 1.88 bits per heavy atom. The molecule has 0 aliphatic heterocycles. The van der Waals surface area contributed by atoms with Crippen LogP contribution in [0, 0.1) is 5.82 Å². The normalized spacial score (nSPS) is 10.8. The van der Waals surface area contributed by atoms with Gasteiger partial charge in [-0.15, -0.1) is 0 Å². The van der Waals surface area contributed by atoms with Gasteiger partial charge in [0, 0.05) is 5.56 Å². The van der Waals surface area contributed by atoms with E-state index in [2.05, 4.69) is 10.5 Å². The zero-order chi connectivity index (χ0) is 18.4. The average Bonchev–Trinajstić information content (AvgIpc) is 2.67. The molecule has 0 radical (unpaired) electrons. The molecular formula is C20H17FN2O3. The first kappa shape index (κ1) is 17.4. The van der Waals surface area contributed by atoms with E-state index in [1.807, 2.05) is 36.4 Å². The average molecular weight is 352 g/mol. The number of benzene rings is 3. The lowest BCUT2D eigenvalue weighted by Gasteiger charge is -2.08. The molecule has 0 aromatic heterocycles. The van der Waals surface area contributed by atoms with Crippen LogP contribution in [0.2, 0.25) is 0 Å². The van der Waals surface area contributed by atoms with Crippen molar-refractivity contribution in [3.8, 4) is 11.5 Å². The molecule has 1 amide bonds. The van der Waals surface area contributed by atoms with Crippen LogP contribution in [-0.2, 0) is 4.79 Å². The van der Waals surface area contributed by atoms with Gasteiger partial charge < -0.3 is 9.47 Å². The Labute approximate surface area is 150 Å². The Hall–Kier alpha value is -3.41. The number of nitrogens with one attached hydrogen (secondary N) is 1. The molecule has 5 nitrogen and oxygen atoms in total. The summed E-state index contributed by atoms with van der Waals surface area (Å²) in [4.78, 5) is 11.8. The third kappa shape index (κ3) is 4.16. The van der Waals surface area contributed by atoms with Gasteiger partial charge >= 0.3 is 0 Å². The van der Waals surface area contributed by atoms with E-state index >= 15 is 0 Å². The lowest BCUT2D eigenvalue weighted by molar-refractivity contribution is -0.123. The highest BCUT2D eigenvalue weighted by Gasteiger charge is 2.06. The summed E-state index contributed by atoms with van der Waals surface area (Å²) in [6.07, 6.45) is 1.54. The molecule has 6 heteroatoms. The van der Waals surface area contributed by atoms with Crippen molar-refractivity contribution < 1.29 is 18.7 Å². The fourth-order valence-electron chi connectivity index (χ4n) is 2.47. The molecule has 3 rings (SSSR count). The quantitative estimate of drug-likeness (QED) is 0.545. The Morgan fingerprint density at radius 3 is 2.65 bits per heavy atom. The Bertz CT molecular complexity index is 939. The summed E-state index contributed by atoms with van der Waals surface area (Å²) in [6.45, 7) is -0.227. The number of amides is 1. The molecule has 26 heavy (non-hydrogen) atoms. The second-order valence-electron chi connectivity index (χ2n) is 5.44. The molecule has 0 spiro atoms. The third-order valence-corrected chi connectivity index (χ3v) is 3.72. The van der Waals surface area contributed by atoms with Crippen molar-refractivity contribution in [2.75, 3.05) is 13.7 Å². The highest BCUT2D eigenvalue weighted by Crippen LogP contribution is 2.26. The van der Waals surface area contributed by atoms with Crippen molar-refractivity contribution in [1.82, 2.24) is 5.43 Å². The molecule has 132 valence electrons. The summed E-state index contributed by atoms with van der Waals surface area (Å²) < 4.78 is 23.5. The van der Waals surface area contributed by atoms with Gasteiger partial charge in [-0.05, 0) is 41.1 Å². The van der Waals surface area contributed by atoms with Crippen molar-refractivity contribution in [2.45, 2.75) is 0 Å². The summed E-state index contributed by atoms with van der Waals surface area (Å²) in [7, 11) is 1.58. The van der Waals surface area contributed by atoms with E-state index in [0.29, 0.717) is 11.5 Å². The predicted molar refractivity (Wildman–Crippen MR) is 98.1 cm³/mol. The SMILES string of the molecule is COc1ccc2ccccc2c1/C=N/NC(=O)COc1ccc(F)cc1. The number of hydrazone groups is 1.